The first-order valence-electron chi connectivity index (χ1n) is 7.56. The molecule has 1 aliphatic heterocycles. The van der Waals surface area contributed by atoms with Crippen LogP contribution in [0.3, 0.4) is 0 Å². The Morgan fingerprint density at radius 2 is 1.91 bits per heavy atom. The minimum atomic E-state index is -0.0597. The van der Waals surface area contributed by atoms with Crippen LogP contribution in [0.25, 0.3) is 0 Å². The third-order valence-electron chi connectivity index (χ3n) is 4.02. The lowest BCUT2D eigenvalue weighted by Crippen LogP contribution is -2.18. The number of rotatable bonds is 3. The molecule has 2 aromatic carbocycles. The van der Waals surface area contributed by atoms with E-state index in [1.807, 2.05) is 37.3 Å². The molecule has 0 atom stereocenters. The van der Waals surface area contributed by atoms with E-state index in [0.717, 1.165) is 27.9 Å². The van der Waals surface area contributed by atoms with Crippen molar-refractivity contribution in [2.75, 3.05) is 23.3 Å². The summed E-state index contributed by atoms with van der Waals surface area (Å²) < 4.78 is 1.06. The molecule has 0 bridgehead atoms. The van der Waals surface area contributed by atoms with Gasteiger partial charge in [0, 0.05) is 33.6 Å². The van der Waals surface area contributed by atoms with Gasteiger partial charge in [-0.25, -0.2) is 0 Å². The van der Waals surface area contributed by atoms with E-state index in [1.165, 1.54) is 18.5 Å². The number of hydrogen-bond donors (Lipinski definition) is 1. The van der Waals surface area contributed by atoms with Crippen molar-refractivity contribution in [3.05, 3.63) is 57.2 Å². The second-order valence-electron chi connectivity index (χ2n) is 5.66. The van der Waals surface area contributed by atoms with Gasteiger partial charge in [-0.05, 0) is 84.3 Å². The van der Waals surface area contributed by atoms with E-state index in [0.29, 0.717) is 5.56 Å². The molecule has 0 saturated carbocycles. The van der Waals surface area contributed by atoms with Crippen molar-refractivity contribution < 1.29 is 4.79 Å². The van der Waals surface area contributed by atoms with Crippen molar-refractivity contribution in [2.45, 2.75) is 19.8 Å². The molecule has 0 aromatic heterocycles. The van der Waals surface area contributed by atoms with E-state index in [2.05, 4.69) is 44.9 Å². The zero-order valence-electron chi connectivity index (χ0n) is 12.6. The van der Waals surface area contributed by atoms with Gasteiger partial charge in [0.15, 0.2) is 0 Å². The summed E-state index contributed by atoms with van der Waals surface area (Å²) in [5, 5.41) is 3.01. The highest BCUT2D eigenvalue weighted by Gasteiger charge is 2.14. The molecule has 0 radical (unpaired) electrons. The standard InChI is InChI=1S/C18H19IN2O/c1-13-11-16(21-9-2-3-10-21)7-8-17(13)20-18(22)14-5-4-6-15(19)12-14/h4-8,11-12H,2-3,9-10H2,1H3,(H,20,22). The first kappa shape index (κ1) is 15.3. The van der Waals surface area contributed by atoms with Crippen molar-refractivity contribution in [1.29, 1.82) is 0 Å². The Morgan fingerprint density at radius 3 is 2.59 bits per heavy atom. The summed E-state index contributed by atoms with van der Waals surface area (Å²) in [6, 6.07) is 13.9. The van der Waals surface area contributed by atoms with Gasteiger partial charge in [-0.15, -0.1) is 0 Å². The molecule has 1 heterocycles. The van der Waals surface area contributed by atoms with Crippen LogP contribution < -0.4 is 10.2 Å². The third kappa shape index (κ3) is 3.43. The van der Waals surface area contributed by atoms with Gasteiger partial charge < -0.3 is 10.2 Å². The quantitative estimate of drug-likeness (QED) is 0.764. The van der Waals surface area contributed by atoms with Gasteiger partial charge in [-0.1, -0.05) is 6.07 Å². The number of benzene rings is 2. The summed E-state index contributed by atoms with van der Waals surface area (Å²) in [5.41, 5.74) is 3.92. The van der Waals surface area contributed by atoms with Crippen LogP contribution in [0.2, 0.25) is 0 Å². The van der Waals surface area contributed by atoms with Crippen molar-refractivity contribution in [1.82, 2.24) is 0 Å². The van der Waals surface area contributed by atoms with E-state index < -0.39 is 0 Å². The van der Waals surface area contributed by atoms with Gasteiger partial charge in [-0.2, -0.15) is 0 Å². The van der Waals surface area contributed by atoms with Crippen molar-refractivity contribution in [3.63, 3.8) is 0 Å². The molecular formula is C18H19IN2O. The molecule has 0 aliphatic carbocycles. The molecule has 3 nitrogen and oxygen atoms in total. The average molecular weight is 406 g/mol. The summed E-state index contributed by atoms with van der Waals surface area (Å²) in [7, 11) is 0. The number of aryl methyl sites for hydroxylation is 1. The number of anilines is 2. The molecular weight excluding hydrogens is 387 g/mol. The average Bonchev–Trinajstić information content (AvgIpc) is 3.03. The Kier molecular flexibility index (Phi) is 4.66. The molecule has 3 rings (SSSR count). The predicted octanol–water partition coefficient (Wildman–Crippen LogP) is 4.45. The van der Waals surface area contributed by atoms with E-state index >= 15 is 0 Å². The summed E-state index contributed by atoms with van der Waals surface area (Å²) in [5.74, 6) is -0.0597. The number of nitrogens with one attached hydrogen (secondary N) is 1. The maximum absolute atomic E-state index is 12.3. The van der Waals surface area contributed by atoms with Gasteiger partial charge >= 0.3 is 0 Å². The van der Waals surface area contributed by atoms with Crippen LogP contribution in [0, 0.1) is 10.5 Å². The van der Waals surface area contributed by atoms with Crippen LogP contribution in [0.4, 0.5) is 11.4 Å². The van der Waals surface area contributed by atoms with E-state index in [4.69, 9.17) is 0 Å². The lowest BCUT2D eigenvalue weighted by Gasteiger charge is -2.19. The maximum atomic E-state index is 12.3. The molecule has 0 spiro atoms. The van der Waals surface area contributed by atoms with Crippen molar-refractivity contribution in [3.8, 4) is 0 Å². The van der Waals surface area contributed by atoms with E-state index in [9.17, 15) is 4.79 Å². The second kappa shape index (κ2) is 6.69. The monoisotopic (exact) mass is 406 g/mol. The Balaban J connectivity index is 1.76. The van der Waals surface area contributed by atoms with E-state index in [1.54, 1.807) is 0 Å². The van der Waals surface area contributed by atoms with Crippen LogP contribution in [0.5, 0.6) is 0 Å². The molecule has 1 amide bonds. The molecule has 22 heavy (non-hydrogen) atoms. The SMILES string of the molecule is Cc1cc(N2CCCC2)ccc1NC(=O)c1cccc(I)c1. The van der Waals surface area contributed by atoms with Crippen molar-refractivity contribution >= 4 is 39.9 Å². The highest BCUT2D eigenvalue weighted by Crippen LogP contribution is 2.26. The Hall–Kier alpha value is -1.56. The van der Waals surface area contributed by atoms with Gasteiger partial charge in [-0.3, -0.25) is 4.79 Å². The normalized spacial score (nSPS) is 14.2. The molecule has 4 heteroatoms. The minimum absolute atomic E-state index is 0.0597. The highest BCUT2D eigenvalue weighted by atomic mass is 127. The Bertz CT molecular complexity index is 693. The van der Waals surface area contributed by atoms with Gasteiger partial charge in [0.25, 0.3) is 5.91 Å². The molecule has 1 saturated heterocycles. The van der Waals surface area contributed by atoms with Gasteiger partial charge in [0.1, 0.15) is 0 Å². The molecule has 0 unspecified atom stereocenters. The molecule has 1 fully saturated rings. The summed E-state index contributed by atoms with van der Waals surface area (Å²) in [6.45, 7) is 4.31. The fourth-order valence-corrected chi connectivity index (χ4v) is 3.33. The van der Waals surface area contributed by atoms with Crippen LogP contribution in [-0.4, -0.2) is 19.0 Å². The fourth-order valence-electron chi connectivity index (χ4n) is 2.78. The van der Waals surface area contributed by atoms with Crippen molar-refractivity contribution in [2.24, 2.45) is 0 Å². The first-order valence-corrected chi connectivity index (χ1v) is 8.64. The number of hydrogen-bond acceptors (Lipinski definition) is 2. The van der Waals surface area contributed by atoms with Crippen LogP contribution >= 0.6 is 22.6 Å². The topological polar surface area (TPSA) is 32.3 Å². The maximum Gasteiger partial charge on any atom is 0.255 e. The largest absolute Gasteiger partial charge is 0.372 e. The molecule has 1 N–H and O–H groups in total. The predicted molar refractivity (Wildman–Crippen MR) is 99.7 cm³/mol. The second-order valence-corrected chi connectivity index (χ2v) is 6.90. The summed E-state index contributed by atoms with van der Waals surface area (Å²) >= 11 is 2.22. The molecule has 2 aromatic rings. The fraction of sp³-hybridized carbons (Fsp3) is 0.278. The molecule has 114 valence electrons. The molecule has 1 aliphatic rings. The minimum Gasteiger partial charge on any atom is -0.372 e. The van der Waals surface area contributed by atoms with Crippen LogP contribution in [0.1, 0.15) is 28.8 Å². The lowest BCUT2D eigenvalue weighted by atomic mass is 10.1. The summed E-state index contributed by atoms with van der Waals surface area (Å²) in [6.07, 6.45) is 2.54. The number of halogens is 1. The number of nitrogens with zero attached hydrogens (tertiary/aromatic N) is 1. The van der Waals surface area contributed by atoms with Gasteiger partial charge in [0.2, 0.25) is 0 Å². The Morgan fingerprint density at radius 1 is 1.14 bits per heavy atom. The Labute approximate surface area is 144 Å². The number of carbonyl (C=O) groups is 1. The smallest absolute Gasteiger partial charge is 0.255 e. The highest BCUT2D eigenvalue weighted by molar-refractivity contribution is 14.1. The zero-order valence-corrected chi connectivity index (χ0v) is 14.8. The van der Waals surface area contributed by atoms with E-state index in [-0.39, 0.29) is 5.91 Å². The number of amides is 1. The van der Waals surface area contributed by atoms with Crippen LogP contribution in [0.15, 0.2) is 42.5 Å². The van der Waals surface area contributed by atoms with Gasteiger partial charge in [0.05, 0.1) is 0 Å². The summed E-state index contributed by atoms with van der Waals surface area (Å²) in [4.78, 5) is 14.7. The van der Waals surface area contributed by atoms with Crippen LogP contribution in [-0.2, 0) is 0 Å². The lowest BCUT2D eigenvalue weighted by molar-refractivity contribution is 0.102. The number of carbonyl (C=O) groups excluding carboxylic acids is 1. The zero-order chi connectivity index (χ0) is 15.5. The third-order valence-corrected chi connectivity index (χ3v) is 4.69. The first-order chi connectivity index (χ1) is 10.6.